The number of hydrogen-bond acceptors (Lipinski definition) is 4. The molecule has 4 nitrogen and oxygen atoms in total. The molecule has 0 saturated carbocycles. The van der Waals surface area contributed by atoms with Crippen molar-refractivity contribution in [3.8, 4) is 0 Å². The van der Waals surface area contributed by atoms with Crippen molar-refractivity contribution in [1.82, 2.24) is 9.97 Å². The Balaban J connectivity index is 3.43. The van der Waals surface area contributed by atoms with Gasteiger partial charge in [-0.15, -0.1) is 0 Å². The van der Waals surface area contributed by atoms with Gasteiger partial charge in [-0.1, -0.05) is 0 Å². The maximum Gasteiger partial charge on any atom is 0.280 e. The highest BCUT2D eigenvalue weighted by Gasteiger charge is 2.15. The third-order valence-electron chi connectivity index (χ3n) is 1.26. The van der Waals surface area contributed by atoms with Crippen molar-refractivity contribution in [1.29, 1.82) is 0 Å². The molecule has 0 spiro atoms. The van der Waals surface area contributed by atoms with E-state index in [0.717, 1.165) is 0 Å². The fraction of sp³-hybridized carbons (Fsp3) is 0.333. The van der Waals surface area contributed by atoms with E-state index in [-0.39, 0.29) is 5.03 Å². The van der Waals surface area contributed by atoms with Gasteiger partial charge < -0.3 is 0 Å². The summed E-state index contributed by atoms with van der Waals surface area (Å²) in [6, 6.07) is 0. The maximum atomic E-state index is 10.9. The van der Waals surface area contributed by atoms with Gasteiger partial charge in [0.2, 0.25) is 0 Å². The van der Waals surface area contributed by atoms with E-state index in [9.17, 15) is 8.42 Å². The van der Waals surface area contributed by atoms with Crippen molar-refractivity contribution in [2.75, 3.05) is 0 Å². The van der Waals surface area contributed by atoms with E-state index in [1.54, 1.807) is 13.8 Å². The highest BCUT2D eigenvalue weighted by Crippen LogP contribution is 2.14. The number of aryl methyl sites for hydroxylation is 2. The maximum absolute atomic E-state index is 10.9. The van der Waals surface area contributed by atoms with Crippen LogP contribution in [0.1, 0.15) is 11.4 Å². The van der Waals surface area contributed by atoms with Crippen molar-refractivity contribution in [3.05, 3.63) is 17.6 Å². The molecule has 0 aliphatic rings. The van der Waals surface area contributed by atoms with Crippen molar-refractivity contribution in [3.63, 3.8) is 0 Å². The van der Waals surface area contributed by atoms with Crippen molar-refractivity contribution in [2.24, 2.45) is 0 Å². The SMILES string of the molecule is Cc1cnc(C)c(S(=O)(=O)Cl)n1. The number of rotatable bonds is 1. The van der Waals surface area contributed by atoms with Crippen LogP contribution < -0.4 is 0 Å². The molecule has 1 heterocycles. The van der Waals surface area contributed by atoms with E-state index in [1.807, 2.05) is 0 Å². The molecule has 1 rings (SSSR count). The molecule has 0 bridgehead atoms. The Morgan fingerprint density at radius 2 is 2.00 bits per heavy atom. The molecule has 0 fully saturated rings. The molecule has 0 amide bonds. The molecule has 6 heteroatoms. The van der Waals surface area contributed by atoms with Crippen LogP contribution in [0.5, 0.6) is 0 Å². The Hall–Kier alpha value is -0.680. The molecule has 12 heavy (non-hydrogen) atoms. The topological polar surface area (TPSA) is 59.9 Å². The van der Waals surface area contributed by atoms with Crippen LogP contribution in [-0.4, -0.2) is 18.4 Å². The van der Waals surface area contributed by atoms with Crippen LogP contribution in [-0.2, 0) is 9.05 Å². The summed E-state index contributed by atoms with van der Waals surface area (Å²) in [6.45, 7) is 3.19. The van der Waals surface area contributed by atoms with Crippen molar-refractivity contribution >= 4 is 19.7 Å². The third-order valence-corrected chi connectivity index (χ3v) is 2.55. The average Bonchev–Trinajstić information content (AvgIpc) is 1.92. The van der Waals surface area contributed by atoms with E-state index >= 15 is 0 Å². The Morgan fingerprint density at radius 1 is 1.42 bits per heavy atom. The van der Waals surface area contributed by atoms with Gasteiger partial charge in [0.05, 0.1) is 11.4 Å². The van der Waals surface area contributed by atoms with Gasteiger partial charge in [-0.3, -0.25) is 4.98 Å². The highest BCUT2D eigenvalue weighted by atomic mass is 35.7. The normalized spacial score (nSPS) is 11.6. The van der Waals surface area contributed by atoms with Gasteiger partial charge in [0.1, 0.15) is 0 Å². The predicted octanol–water partition coefficient (Wildman–Crippen LogP) is 1.02. The summed E-state index contributed by atoms with van der Waals surface area (Å²) in [4.78, 5) is 7.58. The Kier molecular flexibility index (Phi) is 2.34. The van der Waals surface area contributed by atoms with Gasteiger partial charge in [-0.25, -0.2) is 13.4 Å². The fourth-order valence-corrected chi connectivity index (χ4v) is 1.84. The highest BCUT2D eigenvalue weighted by molar-refractivity contribution is 8.13. The molecule has 0 unspecified atom stereocenters. The zero-order valence-electron chi connectivity index (χ0n) is 6.57. The van der Waals surface area contributed by atoms with Crippen LogP contribution in [0.2, 0.25) is 0 Å². The summed E-state index contributed by atoms with van der Waals surface area (Å²) in [5, 5.41) is -0.163. The number of hydrogen-bond donors (Lipinski definition) is 0. The molecule has 1 aromatic rings. The Bertz CT molecular complexity index is 402. The van der Waals surface area contributed by atoms with Crippen molar-refractivity contribution in [2.45, 2.75) is 18.9 Å². The smallest absolute Gasteiger partial charge is 0.257 e. The first-order chi connectivity index (χ1) is 5.41. The average molecular weight is 207 g/mol. The lowest BCUT2D eigenvalue weighted by Gasteiger charge is -1.99. The zero-order chi connectivity index (χ0) is 9.35. The minimum absolute atomic E-state index is 0.163. The minimum atomic E-state index is -3.76. The standard InChI is InChI=1S/C6H7ClN2O2S/c1-4-3-8-5(2)6(9-4)12(7,10)11/h3H,1-2H3. The summed E-state index contributed by atoms with van der Waals surface area (Å²) in [5.41, 5.74) is 0.843. The summed E-state index contributed by atoms with van der Waals surface area (Å²) in [7, 11) is 1.35. The molecule has 1 aromatic heterocycles. The first kappa shape index (κ1) is 9.41. The molecular formula is C6H7ClN2O2S. The Morgan fingerprint density at radius 3 is 2.42 bits per heavy atom. The van der Waals surface area contributed by atoms with Gasteiger partial charge in [0.15, 0.2) is 5.03 Å². The van der Waals surface area contributed by atoms with Crippen LogP contribution >= 0.6 is 10.7 Å². The fourth-order valence-electron chi connectivity index (χ4n) is 0.746. The van der Waals surface area contributed by atoms with Gasteiger partial charge >= 0.3 is 0 Å². The lowest BCUT2D eigenvalue weighted by molar-refractivity contribution is 0.604. The first-order valence-corrected chi connectivity index (χ1v) is 5.47. The molecule has 0 atom stereocenters. The predicted molar refractivity (Wildman–Crippen MR) is 44.5 cm³/mol. The van der Waals surface area contributed by atoms with Crippen LogP contribution in [0, 0.1) is 13.8 Å². The minimum Gasteiger partial charge on any atom is -0.257 e. The Labute approximate surface area is 75.0 Å². The van der Waals surface area contributed by atoms with Crippen LogP contribution in [0.3, 0.4) is 0 Å². The lowest BCUT2D eigenvalue weighted by atomic mass is 10.4. The first-order valence-electron chi connectivity index (χ1n) is 3.16. The van der Waals surface area contributed by atoms with E-state index < -0.39 is 9.05 Å². The number of halogens is 1. The summed E-state index contributed by atoms with van der Waals surface area (Å²) in [5.74, 6) is 0. The second-order valence-corrected chi connectivity index (χ2v) is 4.82. The zero-order valence-corrected chi connectivity index (χ0v) is 8.15. The van der Waals surface area contributed by atoms with Gasteiger partial charge in [-0.05, 0) is 13.8 Å². The number of nitrogens with zero attached hydrogens (tertiary/aromatic N) is 2. The largest absolute Gasteiger partial charge is 0.280 e. The van der Waals surface area contributed by atoms with E-state index in [4.69, 9.17) is 10.7 Å². The second kappa shape index (κ2) is 2.99. The summed E-state index contributed by atoms with van der Waals surface area (Å²) >= 11 is 0. The van der Waals surface area contributed by atoms with Crippen LogP contribution in [0.15, 0.2) is 11.2 Å². The molecule has 0 aliphatic carbocycles. The van der Waals surface area contributed by atoms with E-state index in [2.05, 4.69) is 9.97 Å². The molecule has 0 aromatic carbocycles. The van der Waals surface area contributed by atoms with Crippen LogP contribution in [0.25, 0.3) is 0 Å². The van der Waals surface area contributed by atoms with E-state index in [1.165, 1.54) is 6.20 Å². The molecule has 0 saturated heterocycles. The van der Waals surface area contributed by atoms with Gasteiger partial charge in [-0.2, -0.15) is 0 Å². The summed E-state index contributed by atoms with van der Waals surface area (Å²) < 4.78 is 21.7. The number of aromatic nitrogens is 2. The van der Waals surface area contributed by atoms with Gasteiger partial charge in [0.25, 0.3) is 9.05 Å². The van der Waals surface area contributed by atoms with Crippen LogP contribution in [0.4, 0.5) is 0 Å². The molecule has 0 aliphatic heterocycles. The molecular weight excluding hydrogens is 200 g/mol. The monoisotopic (exact) mass is 206 g/mol. The summed E-state index contributed by atoms with van der Waals surface area (Å²) in [6.07, 6.45) is 1.49. The second-order valence-electron chi connectivity index (χ2n) is 2.34. The molecule has 0 radical (unpaired) electrons. The van der Waals surface area contributed by atoms with Crippen molar-refractivity contribution < 1.29 is 8.42 Å². The molecule has 66 valence electrons. The molecule has 0 N–H and O–H groups in total. The third kappa shape index (κ3) is 1.92. The lowest BCUT2D eigenvalue weighted by Crippen LogP contribution is -2.02. The quantitative estimate of drug-likeness (QED) is 0.644. The van der Waals surface area contributed by atoms with Gasteiger partial charge in [0, 0.05) is 16.9 Å². The van der Waals surface area contributed by atoms with E-state index in [0.29, 0.717) is 11.4 Å².